The van der Waals surface area contributed by atoms with Crippen molar-refractivity contribution in [2.75, 3.05) is 18.0 Å². The third-order valence-electron chi connectivity index (χ3n) is 2.15. The van der Waals surface area contributed by atoms with E-state index in [0.717, 1.165) is 31.6 Å². The number of carbonyl (C=O) groups is 1. The molecule has 0 radical (unpaired) electrons. The predicted molar refractivity (Wildman–Crippen MR) is 64.1 cm³/mol. The third-order valence-corrected chi connectivity index (χ3v) is 3.05. The highest BCUT2D eigenvalue weighted by molar-refractivity contribution is 7.12. The van der Waals surface area contributed by atoms with Gasteiger partial charge in [-0.05, 0) is 18.9 Å². The molecule has 0 unspecified atom stereocenters. The Morgan fingerprint density at radius 3 is 2.40 bits per heavy atom. The normalized spacial score (nSPS) is 10.3. The molecular formula is C11H17NO2S. The van der Waals surface area contributed by atoms with E-state index in [4.69, 9.17) is 5.11 Å². The zero-order valence-corrected chi connectivity index (χ0v) is 10.0. The van der Waals surface area contributed by atoms with Crippen molar-refractivity contribution in [2.24, 2.45) is 0 Å². The molecule has 0 saturated carbocycles. The molecule has 0 bridgehead atoms. The number of aromatic carboxylic acids is 1. The first kappa shape index (κ1) is 12.0. The summed E-state index contributed by atoms with van der Waals surface area (Å²) in [5.41, 5.74) is 1.04. The maximum Gasteiger partial charge on any atom is 0.345 e. The highest BCUT2D eigenvalue weighted by atomic mass is 32.1. The van der Waals surface area contributed by atoms with E-state index >= 15 is 0 Å². The SMILES string of the molecule is CCCN(CCC)c1csc(C(=O)O)c1. The lowest BCUT2D eigenvalue weighted by Gasteiger charge is -2.21. The molecule has 1 rings (SSSR count). The van der Waals surface area contributed by atoms with Crippen LogP contribution in [0.25, 0.3) is 0 Å². The van der Waals surface area contributed by atoms with Crippen LogP contribution < -0.4 is 4.90 Å². The first-order chi connectivity index (χ1) is 7.19. The Balaban J connectivity index is 2.76. The minimum atomic E-state index is -0.834. The van der Waals surface area contributed by atoms with Crippen molar-refractivity contribution in [2.45, 2.75) is 26.7 Å². The van der Waals surface area contributed by atoms with E-state index in [0.29, 0.717) is 4.88 Å². The predicted octanol–water partition coefficient (Wildman–Crippen LogP) is 3.07. The van der Waals surface area contributed by atoms with Gasteiger partial charge in [-0.15, -0.1) is 11.3 Å². The zero-order chi connectivity index (χ0) is 11.3. The molecule has 0 amide bonds. The Kier molecular flexibility index (Phi) is 4.62. The van der Waals surface area contributed by atoms with Crippen LogP contribution in [0.15, 0.2) is 11.4 Å². The molecule has 0 aliphatic heterocycles. The number of hydrogen-bond donors (Lipinski definition) is 1. The number of carboxylic acid groups (broad SMARTS) is 1. The van der Waals surface area contributed by atoms with Gasteiger partial charge in [0.05, 0.1) is 0 Å². The molecule has 0 atom stereocenters. The second-order valence-corrected chi connectivity index (χ2v) is 4.37. The topological polar surface area (TPSA) is 40.5 Å². The minimum absolute atomic E-state index is 0.419. The van der Waals surface area contributed by atoms with E-state index in [1.165, 1.54) is 11.3 Å². The molecule has 1 aromatic rings. The lowest BCUT2D eigenvalue weighted by molar-refractivity contribution is 0.0702. The van der Waals surface area contributed by atoms with Crippen LogP contribution in [0.1, 0.15) is 36.4 Å². The molecule has 0 aliphatic rings. The Hall–Kier alpha value is -1.03. The zero-order valence-electron chi connectivity index (χ0n) is 9.19. The highest BCUT2D eigenvalue weighted by Crippen LogP contribution is 2.23. The van der Waals surface area contributed by atoms with Crippen LogP contribution in [0.3, 0.4) is 0 Å². The quantitative estimate of drug-likeness (QED) is 0.812. The summed E-state index contributed by atoms with van der Waals surface area (Å²) in [5.74, 6) is -0.834. The first-order valence-corrected chi connectivity index (χ1v) is 6.13. The summed E-state index contributed by atoms with van der Waals surface area (Å²) in [6.45, 7) is 6.24. The van der Waals surface area contributed by atoms with Gasteiger partial charge in [-0.3, -0.25) is 0 Å². The second kappa shape index (κ2) is 5.75. The van der Waals surface area contributed by atoms with E-state index in [2.05, 4.69) is 18.7 Å². The van der Waals surface area contributed by atoms with Crippen LogP contribution >= 0.6 is 11.3 Å². The number of thiophene rings is 1. The number of hydrogen-bond acceptors (Lipinski definition) is 3. The molecule has 15 heavy (non-hydrogen) atoms. The summed E-state index contributed by atoms with van der Waals surface area (Å²) in [4.78, 5) is 13.4. The fourth-order valence-corrected chi connectivity index (χ4v) is 2.27. The van der Waals surface area contributed by atoms with Crippen LogP contribution in [-0.4, -0.2) is 24.2 Å². The van der Waals surface area contributed by atoms with Crippen molar-refractivity contribution in [3.63, 3.8) is 0 Å². The molecule has 3 nitrogen and oxygen atoms in total. The summed E-state index contributed by atoms with van der Waals surface area (Å²) in [5, 5.41) is 10.8. The molecule has 1 aromatic heterocycles. The number of carboxylic acids is 1. The minimum Gasteiger partial charge on any atom is -0.477 e. The average molecular weight is 227 g/mol. The molecule has 0 aromatic carbocycles. The smallest absolute Gasteiger partial charge is 0.345 e. The van der Waals surface area contributed by atoms with Crippen molar-refractivity contribution in [1.82, 2.24) is 0 Å². The van der Waals surface area contributed by atoms with Crippen molar-refractivity contribution >= 4 is 23.0 Å². The standard InChI is InChI=1S/C11H17NO2S/c1-3-5-12(6-4-2)9-7-10(11(13)14)15-8-9/h7-8H,3-6H2,1-2H3,(H,13,14). The van der Waals surface area contributed by atoms with E-state index < -0.39 is 5.97 Å². The lowest BCUT2D eigenvalue weighted by Crippen LogP contribution is -2.24. The number of rotatable bonds is 6. The van der Waals surface area contributed by atoms with Crippen LogP contribution in [-0.2, 0) is 0 Å². The molecule has 1 heterocycles. The van der Waals surface area contributed by atoms with Crippen molar-refractivity contribution in [3.05, 3.63) is 16.3 Å². The molecule has 0 fully saturated rings. The number of nitrogens with zero attached hydrogens (tertiary/aromatic N) is 1. The van der Waals surface area contributed by atoms with Gasteiger partial charge in [-0.2, -0.15) is 0 Å². The highest BCUT2D eigenvalue weighted by Gasteiger charge is 2.10. The number of anilines is 1. The summed E-state index contributed by atoms with van der Waals surface area (Å²) in [6, 6.07) is 1.76. The maximum atomic E-state index is 10.7. The fourth-order valence-electron chi connectivity index (χ4n) is 1.51. The largest absolute Gasteiger partial charge is 0.477 e. The molecule has 1 N–H and O–H groups in total. The summed E-state index contributed by atoms with van der Waals surface area (Å²) >= 11 is 1.30. The maximum absolute atomic E-state index is 10.7. The van der Waals surface area contributed by atoms with Crippen molar-refractivity contribution in [1.29, 1.82) is 0 Å². The average Bonchev–Trinajstić information content (AvgIpc) is 2.66. The van der Waals surface area contributed by atoms with E-state index in [9.17, 15) is 4.79 Å². The lowest BCUT2D eigenvalue weighted by atomic mass is 10.3. The second-order valence-electron chi connectivity index (χ2n) is 3.46. The van der Waals surface area contributed by atoms with Crippen LogP contribution in [0.2, 0.25) is 0 Å². The molecule has 4 heteroatoms. The van der Waals surface area contributed by atoms with Gasteiger partial charge in [0.2, 0.25) is 0 Å². The molecule has 0 aliphatic carbocycles. The van der Waals surface area contributed by atoms with Gasteiger partial charge in [0.1, 0.15) is 4.88 Å². The van der Waals surface area contributed by atoms with E-state index in [1.807, 2.05) is 5.38 Å². The van der Waals surface area contributed by atoms with Crippen LogP contribution in [0.4, 0.5) is 5.69 Å². The van der Waals surface area contributed by atoms with Crippen LogP contribution in [0.5, 0.6) is 0 Å². The van der Waals surface area contributed by atoms with Gasteiger partial charge in [0, 0.05) is 24.2 Å². The first-order valence-electron chi connectivity index (χ1n) is 5.25. The Morgan fingerprint density at radius 2 is 2.00 bits per heavy atom. The fraction of sp³-hybridized carbons (Fsp3) is 0.545. The van der Waals surface area contributed by atoms with E-state index in [1.54, 1.807) is 6.07 Å². The summed E-state index contributed by atoms with van der Waals surface area (Å²) in [7, 11) is 0. The van der Waals surface area contributed by atoms with Gasteiger partial charge < -0.3 is 10.0 Å². The van der Waals surface area contributed by atoms with Gasteiger partial charge in [-0.1, -0.05) is 13.8 Å². The molecule has 0 spiro atoms. The Morgan fingerprint density at radius 1 is 1.40 bits per heavy atom. The van der Waals surface area contributed by atoms with Crippen molar-refractivity contribution < 1.29 is 9.90 Å². The molecule has 0 saturated heterocycles. The van der Waals surface area contributed by atoms with E-state index in [-0.39, 0.29) is 0 Å². The Labute approximate surface area is 94.3 Å². The summed E-state index contributed by atoms with van der Waals surface area (Å²) in [6.07, 6.45) is 2.16. The molecule has 84 valence electrons. The van der Waals surface area contributed by atoms with Crippen LogP contribution in [0, 0.1) is 0 Å². The van der Waals surface area contributed by atoms with Gasteiger partial charge in [-0.25, -0.2) is 4.79 Å². The van der Waals surface area contributed by atoms with Gasteiger partial charge in [0.15, 0.2) is 0 Å². The summed E-state index contributed by atoms with van der Waals surface area (Å²) < 4.78 is 0. The van der Waals surface area contributed by atoms with Gasteiger partial charge >= 0.3 is 5.97 Å². The monoisotopic (exact) mass is 227 g/mol. The van der Waals surface area contributed by atoms with Crippen molar-refractivity contribution in [3.8, 4) is 0 Å². The Bertz CT molecular complexity index is 316. The molecular weight excluding hydrogens is 210 g/mol. The third kappa shape index (κ3) is 3.23. The van der Waals surface area contributed by atoms with Gasteiger partial charge in [0.25, 0.3) is 0 Å².